The smallest absolute Gasteiger partial charge is 0.245 e. The average molecular weight is 493 g/mol. The first kappa shape index (κ1) is 23.3. The van der Waals surface area contributed by atoms with Gasteiger partial charge in [0.15, 0.2) is 9.84 Å². The van der Waals surface area contributed by atoms with Crippen LogP contribution in [0.5, 0.6) is 0 Å². The maximum Gasteiger partial charge on any atom is 0.245 e. The lowest BCUT2D eigenvalue weighted by Crippen LogP contribution is -2.47. The van der Waals surface area contributed by atoms with Crippen LogP contribution in [-0.4, -0.2) is 78.6 Å². The molecule has 2 aromatic heterocycles. The Hall–Kier alpha value is -3.47. The highest BCUT2D eigenvalue weighted by Crippen LogP contribution is 2.26. The van der Waals surface area contributed by atoms with Crippen molar-refractivity contribution in [2.24, 2.45) is 0 Å². The zero-order chi connectivity index (χ0) is 24.4. The van der Waals surface area contributed by atoms with Crippen molar-refractivity contribution in [3.8, 4) is 11.3 Å². The minimum Gasteiger partial charge on any atom is -0.395 e. The molecule has 0 unspecified atom stereocenters. The number of rotatable bonds is 7. The topological polar surface area (TPSA) is 103 Å². The molecule has 0 bridgehead atoms. The number of piperazine rings is 1. The summed E-state index contributed by atoms with van der Waals surface area (Å²) in [5.74, 6) is 0.444. The Balaban J connectivity index is 1.33. The minimum absolute atomic E-state index is 0.200. The molecule has 3 heterocycles. The normalized spacial score (nSPS) is 15.0. The van der Waals surface area contributed by atoms with Crippen LogP contribution in [0.1, 0.15) is 0 Å². The Morgan fingerprint density at radius 2 is 1.77 bits per heavy atom. The standard InChI is InChI=1S/C25H28N6O3S/c1-35(33,34)23-4-2-3-19(17-23)24-10-9-22-18-26-25(28-31(22)24)27-20-5-7-21(8-6-20)30-13-11-29(12-14-30)15-16-32/h2-10,17-18,32H,11-16H2,1H3,(H,27,28). The van der Waals surface area contributed by atoms with Gasteiger partial charge in [0, 0.05) is 55.9 Å². The van der Waals surface area contributed by atoms with E-state index in [1.165, 1.54) is 6.26 Å². The number of aliphatic hydroxyl groups excluding tert-OH is 1. The van der Waals surface area contributed by atoms with Crippen LogP contribution in [0, 0.1) is 0 Å². The van der Waals surface area contributed by atoms with Crippen molar-refractivity contribution in [3.05, 3.63) is 66.9 Å². The zero-order valence-electron chi connectivity index (χ0n) is 19.5. The second-order valence-electron chi connectivity index (χ2n) is 8.66. The number of hydrogen-bond donors (Lipinski definition) is 2. The Morgan fingerprint density at radius 1 is 1.00 bits per heavy atom. The molecule has 0 spiro atoms. The predicted molar refractivity (Wildman–Crippen MR) is 137 cm³/mol. The Morgan fingerprint density at radius 3 is 2.49 bits per heavy atom. The third-order valence-electron chi connectivity index (χ3n) is 6.23. The number of sulfone groups is 1. The molecule has 0 aliphatic carbocycles. The van der Waals surface area contributed by atoms with E-state index in [9.17, 15) is 8.42 Å². The summed E-state index contributed by atoms with van der Waals surface area (Å²) in [5.41, 5.74) is 4.40. The molecule has 1 aliphatic heterocycles. The molecule has 1 fully saturated rings. The van der Waals surface area contributed by atoms with Gasteiger partial charge in [-0.2, -0.15) is 0 Å². The highest BCUT2D eigenvalue weighted by molar-refractivity contribution is 7.90. The SMILES string of the molecule is CS(=O)(=O)c1cccc(-c2ccc3cnc(Nc4ccc(N5CCN(CCO)CC5)cc4)nn23)c1. The maximum absolute atomic E-state index is 12.0. The lowest BCUT2D eigenvalue weighted by Gasteiger charge is -2.35. The summed E-state index contributed by atoms with van der Waals surface area (Å²) < 4.78 is 25.7. The number of anilines is 3. The number of fused-ring (bicyclic) bond motifs is 1. The van der Waals surface area contributed by atoms with E-state index < -0.39 is 9.84 Å². The van der Waals surface area contributed by atoms with Crippen molar-refractivity contribution < 1.29 is 13.5 Å². The minimum atomic E-state index is -3.31. The van der Waals surface area contributed by atoms with Crippen LogP contribution in [0.3, 0.4) is 0 Å². The first-order chi connectivity index (χ1) is 16.9. The van der Waals surface area contributed by atoms with E-state index in [-0.39, 0.29) is 11.5 Å². The molecule has 0 atom stereocenters. The number of nitrogens with one attached hydrogen (secondary N) is 1. The van der Waals surface area contributed by atoms with Gasteiger partial charge < -0.3 is 15.3 Å². The largest absolute Gasteiger partial charge is 0.395 e. The van der Waals surface area contributed by atoms with E-state index >= 15 is 0 Å². The first-order valence-corrected chi connectivity index (χ1v) is 13.4. The van der Waals surface area contributed by atoms with Crippen LogP contribution in [0.25, 0.3) is 16.8 Å². The van der Waals surface area contributed by atoms with Gasteiger partial charge >= 0.3 is 0 Å². The van der Waals surface area contributed by atoms with Gasteiger partial charge in [0.05, 0.1) is 28.9 Å². The molecule has 1 aliphatic rings. The third kappa shape index (κ3) is 5.14. The highest BCUT2D eigenvalue weighted by Gasteiger charge is 2.17. The molecule has 2 aromatic carbocycles. The summed E-state index contributed by atoms with van der Waals surface area (Å²) in [5, 5.41) is 17.0. The lowest BCUT2D eigenvalue weighted by atomic mass is 10.2. The Labute approximate surface area is 204 Å². The van der Waals surface area contributed by atoms with E-state index in [1.807, 2.05) is 30.3 Å². The van der Waals surface area contributed by atoms with Gasteiger partial charge in [-0.15, -0.1) is 5.10 Å². The number of aromatic nitrogens is 3. The van der Waals surface area contributed by atoms with Gasteiger partial charge in [-0.05, 0) is 48.5 Å². The van der Waals surface area contributed by atoms with Crippen molar-refractivity contribution in [1.82, 2.24) is 19.5 Å². The summed E-state index contributed by atoms with van der Waals surface area (Å²) in [4.78, 5) is 9.31. The molecule has 10 heteroatoms. The predicted octanol–water partition coefficient (Wildman–Crippen LogP) is 2.66. The molecular weight excluding hydrogens is 464 g/mol. The second kappa shape index (κ2) is 9.65. The summed E-state index contributed by atoms with van der Waals surface area (Å²) in [6, 6.07) is 18.9. The van der Waals surface area contributed by atoms with E-state index in [1.54, 1.807) is 28.9 Å². The van der Waals surface area contributed by atoms with Gasteiger partial charge in [-0.1, -0.05) is 12.1 Å². The highest BCUT2D eigenvalue weighted by atomic mass is 32.2. The van der Waals surface area contributed by atoms with E-state index in [0.717, 1.165) is 60.9 Å². The van der Waals surface area contributed by atoms with Crippen LogP contribution in [0.15, 0.2) is 71.8 Å². The van der Waals surface area contributed by atoms with E-state index in [0.29, 0.717) is 5.95 Å². The summed E-state index contributed by atoms with van der Waals surface area (Å²) >= 11 is 0. The molecule has 182 valence electrons. The van der Waals surface area contributed by atoms with Crippen LogP contribution >= 0.6 is 0 Å². The van der Waals surface area contributed by atoms with Gasteiger partial charge in [0.1, 0.15) is 0 Å². The van der Waals surface area contributed by atoms with Crippen molar-refractivity contribution in [3.63, 3.8) is 0 Å². The van der Waals surface area contributed by atoms with Crippen molar-refractivity contribution in [2.45, 2.75) is 4.90 Å². The zero-order valence-corrected chi connectivity index (χ0v) is 20.3. The molecule has 0 radical (unpaired) electrons. The van der Waals surface area contributed by atoms with Gasteiger partial charge in [0.2, 0.25) is 5.95 Å². The quantitative estimate of drug-likeness (QED) is 0.406. The van der Waals surface area contributed by atoms with Crippen LogP contribution in [0.2, 0.25) is 0 Å². The van der Waals surface area contributed by atoms with Gasteiger partial charge in [-0.3, -0.25) is 4.90 Å². The van der Waals surface area contributed by atoms with Crippen molar-refractivity contribution >= 4 is 32.7 Å². The second-order valence-corrected chi connectivity index (χ2v) is 10.7. The number of aliphatic hydroxyl groups is 1. The number of hydrogen-bond acceptors (Lipinski definition) is 8. The van der Waals surface area contributed by atoms with Crippen LogP contribution < -0.4 is 10.2 Å². The summed E-state index contributed by atoms with van der Waals surface area (Å²) in [6.07, 6.45) is 2.94. The lowest BCUT2D eigenvalue weighted by molar-refractivity contribution is 0.189. The fourth-order valence-electron chi connectivity index (χ4n) is 4.32. The molecule has 2 N–H and O–H groups in total. The number of β-amino-alcohol motifs (C(OH)–C–C–N with tert-alkyl or cyclic N) is 1. The van der Waals surface area contributed by atoms with Crippen LogP contribution in [0.4, 0.5) is 17.3 Å². The van der Waals surface area contributed by atoms with Crippen molar-refractivity contribution in [2.75, 3.05) is 55.8 Å². The maximum atomic E-state index is 12.0. The van der Waals surface area contributed by atoms with Crippen molar-refractivity contribution in [1.29, 1.82) is 0 Å². The Kier molecular flexibility index (Phi) is 6.42. The fraction of sp³-hybridized carbons (Fsp3) is 0.280. The third-order valence-corrected chi connectivity index (χ3v) is 7.34. The fourth-order valence-corrected chi connectivity index (χ4v) is 4.99. The molecule has 1 saturated heterocycles. The molecule has 35 heavy (non-hydrogen) atoms. The average Bonchev–Trinajstić information content (AvgIpc) is 3.28. The number of benzene rings is 2. The first-order valence-electron chi connectivity index (χ1n) is 11.5. The van der Waals surface area contributed by atoms with E-state index in [2.05, 4.69) is 37.3 Å². The summed E-state index contributed by atoms with van der Waals surface area (Å²) in [6.45, 7) is 4.69. The van der Waals surface area contributed by atoms with Crippen LogP contribution in [-0.2, 0) is 9.84 Å². The van der Waals surface area contributed by atoms with Gasteiger partial charge in [0.25, 0.3) is 0 Å². The van der Waals surface area contributed by atoms with Gasteiger partial charge in [-0.25, -0.2) is 17.9 Å². The Bertz CT molecular complexity index is 1430. The van der Waals surface area contributed by atoms with E-state index in [4.69, 9.17) is 5.11 Å². The molecular formula is C25H28N6O3S. The molecule has 0 saturated carbocycles. The molecule has 0 amide bonds. The molecule has 5 rings (SSSR count). The molecule has 9 nitrogen and oxygen atoms in total. The molecule has 4 aromatic rings. The monoisotopic (exact) mass is 492 g/mol. The number of nitrogens with zero attached hydrogens (tertiary/aromatic N) is 5. The summed E-state index contributed by atoms with van der Waals surface area (Å²) in [7, 11) is -3.31.